The van der Waals surface area contributed by atoms with Gasteiger partial charge in [-0.15, -0.1) is 0 Å². The van der Waals surface area contributed by atoms with Crippen molar-refractivity contribution < 1.29 is 23.8 Å². The molecule has 2 N–H and O–H groups in total. The second-order valence-corrected chi connectivity index (χ2v) is 7.02. The van der Waals surface area contributed by atoms with Crippen LogP contribution >= 0.6 is 0 Å². The maximum Gasteiger partial charge on any atom is 0.309 e. The molecule has 0 aliphatic carbocycles. The molecule has 1 aromatic carbocycles. The van der Waals surface area contributed by atoms with Crippen molar-refractivity contribution in [3.05, 3.63) is 53.0 Å². The van der Waals surface area contributed by atoms with Gasteiger partial charge in [0.15, 0.2) is 5.76 Å². The van der Waals surface area contributed by atoms with E-state index in [0.717, 1.165) is 16.9 Å². The Bertz CT molecular complexity index is 791. The van der Waals surface area contributed by atoms with Crippen LogP contribution in [0, 0.1) is 19.3 Å². The van der Waals surface area contributed by atoms with Gasteiger partial charge in [0.05, 0.1) is 5.41 Å². The van der Waals surface area contributed by atoms with Crippen LogP contribution in [0.15, 0.2) is 34.7 Å². The summed E-state index contributed by atoms with van der Waals surface area (Å²) in [4.78, 5) is 23.1. The lowest BCUT2D eigenvalue weighted by molar-refractivity contribution is -0.147. The monoisotopic (exact) mass is 359 g/mol. The highest BCUT2D eigenvalue weighted by Gasteiger charge is 2.26. The van der Waals surface area contributed by atoms with Crippen molar-refractivity contribution in [3.63, 3.8) is 0 Å². The van der Waals surface area contributed by atoms with Gasteiger partial charge < -0.3 is 19.6 Å². The number of aliphatic carboxylic acids is 1. The zero-order valence-electron chi connectivity index (χ0n) is 15.6. The van der Waals surface area contributed by atoms with E-state index in [4.69, 9.17) is 14.3 Å². The number of nitrogens with one attached hydrogen (secondary N) is 1. The van der Waals surface area contributed by atoms with Gasteiger partial charge in [-0.05, 0) is 57.9 Å². The van der Waals surface area contributed by atoms with Gasteiger partial charge in [-0.3, -0.25) is 9.59 Å². The Balaban J connectivity index is 1.86. The number of carbonyl (C=O) groups is 2. The summed E-state index contributed by atoms with van der Waals surface area (Å²) in [5, 5.41) is 11.7. The second kappa shape index (κ2) is 8.08. The molecule has 6 nitrogen and oxygen atoms in total. The Hall–Kier alpha value is -2.76. The lowest BCUT2D eigenvalue weighted by atomic mass is 9.90. The van der Waals surface area contributed by atoms with E-state index in [2.05, 4.69) is 5.32 Å². The van der Waals surface area contributed by atoms with Crippen LogP contribution in [0.2, 0.25) is 0 Å². The van der Waals surface area contributed by atoms with Crippen molar-refractivity contribution in [1.29, 1.82) is 0 Å². The SMILES string of the molecule is Cc1ccc(OCc2ccc(C(=O)NCCC(C)(C)C(=O)O)o2)c(C)c1. The first-order chi connectivity index (χ1) is 12.2. The number of hydrogen-bond donors (Lipinski definition) is 2. The zero-order chi connectivity index (χ0) is 19.3. The number of carboxylic acid groups (broad SMARTS) is 1. The third kappa shape index (κ3) is 5.12. The van der Waals surface area contributed by atoms with Crippen molar-refractivity contribution in [3.8, 4) is 5.75 Å². The highest BCUT2D eigenvalue weighted by molar-refractivity contribution is 5.91. The molecule has 1 amide bonds. The van der Waals surface area contributed by atoms with Crippen LogP contribution in [0.1, 0.15) is 47.7 Å². The number of rotatable bonds is 8. The van der Waals surface area contributed by atoms with Gasteiger partial charge >= 0.3 is 5.97 Å². The largest absolute Gasteiger partial charge is 0.485 e. The van der Waals surface area contributed by atoms with Crippen LogP contribution < -0.4 is 10.1 Å². The number of aryl methyl sites for hydroxylation is 2. The lowest BCUT2D eigenvalue weighted by Crippen LogP contribution is -2.31. The quantitative estimate of drug-likeness (QED) is 0.750. The first-order valence-corrected chi connectivity index (χ1v) is 8.49. The molecular formula is C20H25NO5. The molecule has 0 fully saturated rings. The van der Waals surface area contributed by atoms with Crippen LogP contribution in [0.3, 0.4) is 0 Å². The predicted molar refractivity (Wildman–Crippen MR) is 97.3 cm³/mol. The smallest absolute Gasteiger partial charge is 0.309 e. The highest BCUT2D eigenvalue weighted by atomic mass is 16.5. The molecule has 0 aliphatic heterocycles. The van der Waals surface area contributed by atoms with E-state index in [1.807, 2.05) is 32.0 Å². The van der Waals surface area contributed by atoms with Crippen LogP contribution in [-0.4, -0.2) is 23.5 Å². The summed E-state index contributed by atoms with van der Waals surface area (Å²) in [6.45, 7) is 7.72. The number of carbonyl (C=O) groups excluding carboxylic acids is 1. The summed E-state index contributed by atoms with van der Waals surface area (Å²) in [5.41, 5.74) is 1.31. The topological polar surface area (TPSA) is 88.8 Å². The Morgan fingerprint density at radius 3 is 2.58 bits per heavy atom. The molecular weight excluding hydrogens is 334 g/mol. The Morgan fingerprint density at radius 1 is 1.19 bits per heavy atom. The molecule has 0 saturated heterocycles. The third-order valence-electron chi connectivity index (χ3n) is 4.20. The number of benzene rings is 1. The molecule has 0 unspecified atom stereocenters. The minimum absolute atomic E-state index is 0.178. The van der Waals surface area contributed by atoms with E-state index in [0.29, 0.717) is 12.2 Å². The van der Waals surface area contributed by atoms with Crippen LogP contribution in [0.4, 0.5) is 0 Å². The molecule has 0 aliphatic rings. The average Bonchev–Trinajstić information content (AvgIpc) is 3.02. The highest BCUT2D eigenvalue weighted by Crippen LogP contribution is 2.21. The first-order valence-electron chi connectivity index (χ1n) is 8.49. The Labute approximate surface area is 153 Å². The fourth-order valence-corrected chi connectivity index (χ4v) is 2.37. The fourth-order valence-electron chi connectivity index (χ4n) is 2.37. The van der Waals surface area contributed by atoms with Gasteiger partial charge in [-0.1, -0.05) is 17.7 Å². The van der Waals surface area contributed by atoms with Gasteiger partial charge in [0.2, 0.25) is 0 Å². The van der Waals surface area contributed by atoms with E-state index in [1.54, 1.807) is 26.0 Å². The summed E-state index contributed by atoms with van der Waals surface area (Å²) in [6.07, 6.45) is 0.331. The number of ether oxygens (including phenoxy) is 1. The maximum atomic E-state index is 12.1. The average molecular weight is 359 g/mol. The third-order valence-corrected chi connectivity index (χ3v) is 4.20. The molecule has 1 aromatic heterocycles. The van der Waals surface area contributed by atoms with Crippen molar-refractivity contribution in [1.82, 2.24) is 5.32 Å². The zero-order valence-corrected chi connectivity index (χ0v) is 15.6. The van der Waals surface area contributed by atoms with E-state index in [9.17, 15) is 9.59 Å². The second-order valence-electron chi connectivity index (χ2n) is 7.02. The van der Waals surface area contributed by atoms with Crippen LogP contribution in [0.25, 0.3) is 0 Å². The molecule has 0 atom stereocenters. The van der Waals surface area contributed by atoms with Crippen molar-refractivity contribution >= 4 is 11.9 Å². The minimum atomic E-state index is -0.893. The van der Waals surface area contributed by atoms with Gasteiger partial charge in [0.1, 0.15) is 18.1 Å². The standard InChI is InChI=1S/C20H25NO5/c1-13-5-7-16(14(2)11-13)25-12-15-6-8-17(26-15)18(22)21-10-9-20(3,4)19(23)24/h5-8,11H,9-10,12H2,1-4H3,(H,21,22)(H,23,24). The Kier molecular flexibility index (Phi) is 6.08. The molecule has 0 bridgehead atoms. The van der Waals surface area contributed by atoms with Crippen molar-refractivity contribution in [2.45, 2.75) is 40.7 Å². The summed E-state index contributed by atoms with van der Waals surface area (Å²) in [7, 11) is 0. The summed E-state index contributed by atoms with van der Waals surface area (Å²) in [6, 6.07) is 9.19. The normalized spacial score (nSPS) is 11.2. The summed E-state index contributed by atoms with van der Waals surface area (Å²) < 4.78 is 11.2. The first kappa shape index (κ1) is 19.6. The number of amides is 1. The molecule has 0 spiro atoms. The summed E-state index contributed by atoms with van der Waals surface area (Å²) >= 11 is 0. The minimum Gasteiger partial charge on any atom is -0.485 e. The summed E-state index contributed by atoms with van der Waals surface area (Å²) in [5.74, 6) is 0.229. The van der Waals surface area contributed by atoms with Gasteiger partial charge in [-0.25, -0.2) is 0 Å². The lowest BCUT2D eigenvalue weighted by Gasteiger charge is -2.18. The van der Waals surface area contributed by atoms with E-state index < -0.39 is 11.4 Å². The molecule has 6 heteroatoms. The van der Waals surface area contributed by atoms with Gasteiger partial charge in [0, 0.05) is 6.54 Å². The van der Waals surface area contributed by atoms with Crippen LogP contribution in [-0.2, 0) is 11.4 Å². The molecule has 1 heterocycles. The maximum absolute atomic E-state index is 12.1. The molecule has 26 heavy (non-hydrogen) atoms. The van der Waals surface area contributed by atoms with E-state index >= 15 is 0 Å². The van der Waals surface area contributed by atoms with E-state index in [1.165, 1.54) is 0 Å². The number of hydrogen-bond acceptors (Lipinski definition) is 4. The number of carboxylic acids is 1. The Morgan fingerprint density at radius 2 is 1.92 bits per heavy atom. The number of furan rings is 1. The molecule has 2 aromatic rings. The van der Waals surface area contributed by atoms with E-state index in [-0.39, 0.29) is 24.8 Å². The molecule has 2 rings (SSSR count). The molecule has 140 valence electrons. The molecule has 0 radical (unpaired) electrons. The predicted octanol–water partition coefficient (Wildman–Crippen LogP) is 3.71. The van der Waals surface area contributed by atoms with Crippen molar-refractivity contribution in [2.75, 3.05) is 6.54 Å². The van der Waals surface area contributed by atoms with Crippen LogP contribution in [0.5, 0.6) is 5.75 Å². The molecule has 0 saturated carbocycles. The van der Waals surface area contributed by atoms with Crippen molar-refractivity contribution in [2.24, 2.45) is 5.41 Å². The fraction of sp³-hybridized carbons (Fsp3) is 0.400. The van der Waals surface area contributed by atoms with Gasteiger partial charge in [-0.2, -0.15) is 0 Å². The van der Waals surface area contributed by atoms with Gasteiger partial charge in [0.25, 0.3) is 5.91 Å².